The van der Waals surface area contributed by atoms with Gasteiger partial charge in [0.15, 0.2) is 15.4 Å². The largest absolute Gasteiger partial charge is 0.482 e. The number of fused-ring (bicyclic) bond motifs is 1. The van der Waals surface area contributed by atoms with E-state index in [0.717, 1.165) is 36.5 Å². The molecule has 0 amide bonds. The molecule has 120 valence electrons. The molecule has 23 heavy (non-hydrogen) atoms. The normalized spacial score (nSPS) is 10.9. The number of ether oxygens (including phenoxy) is 1. The van der Waals surface area contributed by atoms with Crippen molar-refractivity contribution in [3.63, 3.8) is 0 Å². The zero-order valence-corrected chi connectivity index (χ0v) is 15.0. The second kappa shape index (κ2) is 7.58. The summed E-state index contributed by atoms with van der Waals surface area (Å²) in [7, 11) is 0. The van der Waals surface area contributed by atoms with E-state index in [1.54, 1.807) is 6.20 Å². The Labute approximate surface area is 148 Å². The highest BCUT2D eigenvalue weighted by Gasteiger charge is 2.09. The van der Waals surface area contributed by atoms with Crippen LogP contribution in [0.25, 0.3) is 5.65 Å². The van der Waals surface area contributed by atoms with Crippen LogP contribution in [-0.2, 0) is 6.61 Å². The number of nitrogens with zero attached hydrogens (tertiary/aromatic N) is 4. The number of rotatable bonds is 7. The van der Waals surface area contributed by atoms with Crippen LogP contribution in [0.4, 0.5) is 5.82 Å². The van der Waals surface area contributed by atoms with Crippen LogP contribution in [0.2, 0.25) is 0 Å². The van der Waals surface area contributed by atoms with Gasteiger partial charge < -0.3 is 14.5 Å². The van der Waals surface area contributed by atoms with E-state index < -0.39 is 0 Å². The lowest BCUT2D eigenvalue weighted by Crippen LogP contribution is -2.08. The minimum absolute atomic E-state index is 0.383. The summed E-state index contributed by atoms with van der Waals surface area (Å²) in [4.78, 5) is 13.1. The molecule has 7 heteroatoms. The van der Waals surface area contributed by atoms with Crippen molar-refractivity contribution in [1.29, 1.82) is 0 Å². The Hall–Kier alpha value is -1.90. The molecule has 6 nitrogen and oxygen atoms in total. The zero-order valence-electron chi connectivity index (χ0n) is 12.9. The van der Waals surface area contributed by atoms with Gasteiger partial charge in [-0.3, -0.25) is 0 Å². The van der Waals surface area contributed by atoms with E-state index in [1.165, 1.54) is 0 Å². The van der Waals surface area contributed by atoms with Crippen molar-refractivity contribution < 1.29 is 4.74 Å². The topological polar surface area (TPSA) is 64.3 Å². The molecular weight excluding hydrogens is 405 g/mol. The molecule has 1 N–H and O–H groups in total. The van der Waals surface area contributed by atoms with Crippen LogP contribution in [-0.4, -0.2) is 25.9 Å². The van der Waals surface area contributed by atoms with Crippen LogP contribution in [0.1, 0.15) is 25.5 Å². The molecule has 0 saturated carbocycles. The Bertz CT molecular complexity index is 756. The molecule has 0 saturated heterocycles. The van der Waals surface area contributed by atoms with Gasteiger partial charge in [0.25, 0.3) is 0 Å². The van der Waals surface area contributed by atoms with Crippen molar-refractivity contribution in [3.8, 4) is 5.75 Å². The van der Waals surface area contributed by atoms with Crippen molar-refractivity contribution in [1.82, 2.24) is 19.4 Å². The molecule has 3 heterocycles. The Balaban J connectivity index is 1.71. The van der Waals surface area contributed by atoms with Crippen LogP contribution in [0.3, 0.4) is 0 Å². The molecule has 0 spiro atoms. The molecule has 0 aromatic carbocycles. The molecule has 3 aromatic heterocycles. The number of unbranched alkanes of at least 4 members (excludes halogenated alkanes) is 1. The van der Waals surface area contributed by atoms with Gasteiger partial charge in [-0.2, -0.15) is 0 Å². The lowest BCUT2D eigenvalue weighted by molar-refractivity contribution is 0.301. The summed E-state index contributed by atoms with van der Waals surface area (Å²) in [6, 6.07) is 5.91. The fourth-order valence-corrected chi connectivity index (χ4v) is 2.55. The second-order valence-corrected chi connectivity index (χ2v) is 6.08. The highest BCUT2D eigenvalue weighted by Crippen LogP contribution is 2.22. The second-order valence-electron chi connectivity index (χ2n) is 5.12. The summed E-state index contributed by atoms with van der Waals surface area (Å²) in [6.07, 6.45) is 7.86. The number of pyridine rings is 1. The molecule has 0 radical (unpaired) electrons. The molecule has 0 atom stereocenters. The Kier molecular flexibility index (Phi) is 5.27. The van der Waals surface area contributed by atoms with Gasteiger partial charge >= 0.3 is 0 Å². The molecule has 3 rings (SSSR count). The summed E-state index contributed by atoms with van der Waals surface area (Å²) < 4.78 is 8.54. The highest BCUT2D eigenvalue weighted by molar-refractivity contribution is 14.1. The van der Waals surface area contributed by atoms with Crippen molar-refractivity contribution in [2.75, 3.05) is 11.9 Å². The number of hydrogen-bond donors (Lipinski definition) is 1. The third-order valence-corrected chi connectivity index (χ3v) is 3.86. The minimum Gasteiger partial charge on any atom is -0.482 e. The summed E-state index contributed by atoms with van der Waals surface area (Å²) in [6.45, 7) is 3.41. The van der Waals surface area contributed by atoms with Gasteiger partial charge in [0.2, 0.25) is 0 Å². The predicted octanol–water partition coefficient (Wildman–Crippen LogP) is 3.52. The van der Waals surface area contributed by atoms with Crippen LogP contribution < -0.4 is 10.1 Å². The van der Waals surface area contributed by atoms with E-state index in [2.05, 4.69) is 49.8 Å². The number of aromatic nitrogens is 4. The SMILES string of the molecule is CCCCNc1nc(I)ncc1OCc1cn2ccccc2n1. The first-order valence-corrected chi connectivity index (χ1v) is 8.66. The molecule has 0 aliphatic heterocycles. The minimum atomic E-state index is 0.383. The average Bonchev–Trinajstić information content (AvgIpc) is 2.97. The Morgan fingerprint density at radius 2 is 2.22 bits per heavy atom. The van der Waals surface area contributed by atoms with Crippen molar-refractivity contribution in [2.45, 2.75) is 26.4 Å². The standard InChI is InChI=1S/C16H18IN5O/c1-2-3-7-18-15-13(9-19-16(17)21-15)23-11-12-10-22-8-5-4-6-14(22)20-12/h4-6,8-10H,2-3,7,11H2,1H3,(H,18,19,21). The maximum atomic E-state index is 5.87. The molecular formula is C16H18IN5O. The molecule has 0 aliphatic rings. The van der Waals surface area contributed by atoms with Crippen molar-refractivity contribution in [3.05, 3.63) is 46.3 Å². The Morgan fingerprint density at radius 1 is 1.30 bits per heavy atom. The summed E-state index contributed by atoms with van der Waals surface area (Å²) in [5.74, 6) is 1.39. The van der Waals surface area contributed by atoms with Crippen molar-refractivity contribution >= 4 is 34.1 Å². The smallest absolute Gasteiger partial charge is 0.192 e. The molecule has 0 aliphatic carbocycles. The fraction of sp³-hybridized carbons (Fsp3) is 0.312. The first-order valence-electron chi connectivity index (χ1n) is 7.58. The van der Waals surface area contributed by atoms with Gasteiger partial charge in [0.05, 0.1) is 11.9 Å². The molecule has 0 unspecified atom stereocenters. The van der Waals surface area contributed by atoms with Crippen LogP contribution >= 0.6 is 22.6 Å². The average molecular weight is 423 g/mol. The van der Waals surface area contributed by atoms with Crippen LogP contribution in [0.15, 0.2) is 36.8 Å². The lowest BCUT2D eigenvalue weighted by atomic mass is 10.3. The molecule has 3 aromatic rings. The van der Waals surface area contributed by atoms with E-state index in [0.29, 0.717) is 16.2 Å². The van der Waals surface area contributed by atoms with Crippen LogP contribution in [0.5, 0.6) is 5.75 Å². The molecule has 0 bridgehead atoms. The summed E-state index contributed by atoms with van der Waals surface area (Å²) in [5.41, 5.74) is 1.78. The summed E-state index contributed by atoms with van der Waals surface area (Å²) in [5, 5.41) is 3.31. The Morgan fingerprint density at radius 3 is 3.04 bits per heavy atom. The van der Waals surface area contributed by atoms with E-state index in [1.807, 2.05) is 35.0 Å². The van der Waals surface area contributed by atoms with Crippen molar-refractivity contribution in [2.24, 2.45) is 0 Å². The van der Waals surface area contributed by atoms with Gasteiger partial charge in [0.1, 0.15) is 12.3 Å². The first-order chi connectivity index (χ1) is 11.3. The third-order valence-electron chi connectivity index (χ3n) is 3.34. The molecule has 0 fully saturated rings. The van der Waals surface area contributed by atoms with Gasteiger partial charge in [0, 0.05) is 41.5 Å². The van der Waals surface area contributed by atoms with Crippen LogP contribution in [0, 0.1) is 3.83 Å². The number of anilines is 1. The first kappa shape index (κ1) is 16.0. The number of nitrogens with one attached hydrogen (secondary N) is 1. The zero-order chi connectivity index (χ0) is 16.1. The number of hydrogen-bond acceptors (Lipinski definition) is 5. The van der Waals surface area contributed by atoms with Gasteiger partial charge in [-0.25, -0.2) is 15.0 Å². The van der Waals surface area contributed by atoms with E-state index in [-0.39, 0.29) is 0 Å². The van der Waals surface area contributed by atoms with Gasteiger partial charge in [-0.05, 0) is 18.6 Å². The van der Waals surface area contributed by atoms with E-state index >= 15 is 0 Å². The fourth-order valence-electron chi connectivity index (χ4n) is 2.17. The van der Waals surface area contributed by atoms with E-state index in [4.69, 9.17) is 4.74 Å². The lowest BCUT2D eigenvalue weighted by Gasteiger charge is -2.11. The quantitative estimate of drug-likeness (QED) is 0.358. The number of imidazole rings is 1. The third kappa shape index (κ3) is 4.10. The maximum Gasteiger partial charge on any atom is 0.192 e. The van der Waals surface area contributed by atoms with Gasteiger partial charge in [-0.1, -0.05) is 19.4 Å². The number of halogens is 1. The predicted molar refractivity (Wildman–Crippen MR) is 97.7 cm³/mol. The maximum absolute atomic E-state index is 5.87. The summed E-state index contributed by atoms with van der Waals surface area (Å²) >= 11 is 2.10. The monoisotopic (exact) mass is 423 g/mol. The van der Waals surface area contributed by atoms with E-state index in [9.17, 15) is 0 Å². The van der Waals surface area contributed by atoms with Gasteiger partial charge in [-0.15, -0.1) is 0 Å². The highest BCUT2D eigenvalue weighted by atomic mass is 127.